The second-order valence-corrected chi connectivity index (χ2v) is 6.51. The third kappa shape index (κ3) is 2.46. The summed E-state index contributed by atoms with van der Waals surface area (Å²) in [5.41, 5.74) is 2.90. The zero-order valence-electron chi connectivity index (χ0n) is 13.2. The summed E-state index contributed by atoms with van der Waals surface area (Å²) in [6.45, 7) is 4.06. The van der Waals surface area contributed by atoms with Crippen molar-refractivity contribution in [3.8, 4) is 11.5 Å². The number of benzene rings is 3. The van der Waals surface area contributed by atoms with Crippen molar-refractivity contribution in [1.82, 2.24) is 0 Å². The summed E-state index contributed by atoms with van der Waals surface area (Å²) in [6.07, 6.45) is 2.15. The van der Waals surface area contributed by atoms with Crippen LogP contribution in [-0.4, -0.2) is 10.7 Å². The number of rotatable bonds is 1. The standard InChI is InChI=1S/C21H18O2/c1-21(2)13-19(18-10-9-17(22)12-20(18)23-21)16-8-7-14-5-3-4-6-15(14)11-16/h3-13,22H,1-2H3. The first kappa shape index (κ1) is 13.9. The second kappa shape index (κ2) is 4.88. The van der Waals surface area contributed by atoms with E-state index in [1.54, 1.807) is 12.1 Å². The molecule has 0 saturated carbocycles. The first-order chi connectivity index (χ1) is 11.0. The van der Waals surface area contributed by atoms with Crippen LogP contribution in [0.1, 0.15) is 25.0 Å². The normalized spacial score (nSPS) is 15.7. The number of phenolic OH excluding ortho intramolecular Hbond substituents is 1. The molecule has 0 radical (unpaired) electrons. The third-order valence-electron chi connectivity index (χ3n) is 4.18. The van der Waals surface area contributed by atoms with Gasteiger partial charge in [0.1, 0.15) is 17.1 Å². The predicted molar refractivity (Wildman–Crippen MR) is 93.8 cm³/mol. The highest BCUT2D eigenvalue weighted by Gasteiger charge is 2.27. The number of phenols is 1. The molecule has 0 saturated heterocycles. The SMILES string of the molecule is CC1(C)C=C(c2ccc3ccccc3c2)c2ccc(O)cc2O1. The second-order valence-electron chi connectivity index (χ2n) is 6.51. The summed E-state index contributed by atoms with van der Waals surface area (Å²) in [4.78, 5) is 0. The van der Waals surface area contributed by atoms with Crippen molar-refractivity contribution >= 4 is 16.3 Å². The first-order valence-electron chi connectivity index (χ1n) is 7.76. The zero-order valence-corrected chi connectivity index (χ0v) is 13.2. The molecule has 0 aliphatic carbocycles. The van der Waals surface area contributed by atoms with Gasteiger partial charge in [-0.25, -0.2) is 0 Å². The van der Waals surface area contributed by atoms with Gasteiger partial charge in [-0.1, -0.05) is 36.4 Å². The molecule has 1 aliphatic heterocycles. The van der Waals surface area contributed by atoms with Crippen LogP contribution in [0.4, 0.5) is 0 Å². The molecular weight excluding hydrogens is 284 g/mol. The Kier molecular flexibility index (Phi) is 2.95. The Morgan fingerprint density at radius 2 is 1.65 bits per heavy atom. The molecule has 0 fully saturated rings. The molecule has 23 heavy (non-hydrogen) atoms. The Morgan fingerprint density at radius 3 is 2.48 bits per heavy atom. The van der Waals surface area contributed by atoms with Crippen LogP contribution in [0.25, 0.3) is 16.3 Å². The molecule has 1 N–H and O–H groups in total. The fraction of sp³-hybridized carbons (Fsp3) is 0.143. The summed E-state index contributed by atoms with van der Waals surface area (Å²) in [7, 11) is 0. The van der Waals surface area contributed by atoms with Crippen molar-refractivity contribution < 1.29 is 9.84 Å². The predicted octanol–water partition coefficient (Wildman–Crippen LogP) is 5.15. The van der Waals surface area contributed by atoms with Crippen molar-refractivity contribution in [2.45, 2.75) is 19.4 Å². The van der Waals surface area contributed by atoms with E-state index in [9.17, 15) is 5.11 Å². The summed E-state index contributed by atoms with van der Waals surface area (Å²) < 4.78 is 6.00. The van der Waals surface area contributed by atoms with Crippen LogP contribution >= 0.6 is 0 Å². The van der Waals surface area contributed by atoms with E-state index in [2.05, 4.69) is 48.5 Å². The molecule has 0 atom stereocenters. The van der Waals surface area contributed by atoms with Crippen LogP contribution in [-0.2, 0) is 0 Å². The van der Waals surface area contributed by atoms with Gasteiger partial charge in [0.05, 0.1) is 0 Å². The summed E-state index contributed by atoms with van der Waals surface area (Å²) in [6, 6.07) is 20.2. The van der Waals surface area contributed by atoms with Crippen molar-refractivity contribution in [2.75, 3.05) is 0 Å². The largest absolute Gasteiger partial charge is 0.508 e. The van der Waals surface area contributed by atoms with Crippen LogP contribution in [0.5, 0.6) is 11.5 Å². The fourth-order valence-corrected chi connectivity index (χ4v) is 3.15. The maximum absolute atomic E-state index is 9.76. The molecule has 3 aromatic carbocycles. The van der Waals surface area contributed by atoms with Crippen molar-refractivity contribution in [3.05, 3.63) is 77.9 Å². The first-order valence-corrected chi connectivity index (χ1v) is 7.76. The molecule has 2 heteroatoms. The lowest BCUT2D eigenvalue weighted by atomic mass is 9.89. The Labute approximate surface area is 135 Å². The van der Waals surface area contributed by atoms with Crippen LogP contribution in [0.2, 0.25) is 0 Å². The van der Waals surface area contributed by atoms with E-state index in [0.717, 1.165) is 22.4 Å². The molecule has 0 bridgehead atoms. The molecular formula is C21H18O2. The molecule has 3 aromatic rings. The smallest absolute Gasteiger partial charge is 0.132 e. The van der Waals surface area contributed by atoms with Crippen LogP contribution in [0, 0.1) is 0 Å². The molecule has 1 aliphatic rings. The molecule has 0 unspecified atom stereocenters. The Morgan fingerprint density at radius 1 is 0.870 bits per heavy atom. The van der Waals surface area contributed by atoms with Gasteiger partial charge in [0, 0.05) is 11.6 Å². The minimum Gasteiger partial charge on any atom is -0.508 e. The maximum Gasteiger partial charge on any atom is 0.132 e. The van der Waals surface area contributed by atoms with E-state index >= 15 is 0 Å². The number of aromatic hydroxyl groups is 1. The van der Waals surface area contributed by atoms with E-state index in [1.165, 1.54) is 10.8 Å². The van der Waals surface area contributed by atoms with Crippen molar-refractivity contribution in [1.29, 1.82) is 0 Å². The number of hydrogen-bond acceptors (Lipinski definition) is 2. The molecule has 1 heterocycles. The summed E-state index contributed by atoms with van der Waals surface area (Å²) in [5, 5.41) is 12.2. The van der Waals surface area contributed by atoms with Gasteiger partial charge in [-0.2, -0.15) is 0 Å². The lowest BCUT2D eigenvalue weighted by Gasteiger charge is -2.31. The van der Waals surface area contributed by atoms with Gasteiger partial charge >= 0.3 is 0 Å². The van der Waals surface area contributed by atoms with Crippen LogP contribution in [0.3, 0.4) is 0 Å². The molecule has 2 nitrogen and oxygen atoms in total. The van der Waals surface area contributed by atoms with E-state index in [4.69, 9.17) is 4.74 Å². The van der Waals surface area contributed by atoms with E-state index in [1.807, 2.05) is 19.9 Å². The Bertz CT molecular complexity index is 935. The monoisotopic (exact) mass is 302 g/mol. The fourth-order valence-electron chi connectivity index (χ4n) is 3.15. The maximum atomic E-state index is 9.76. The molecule has 0 spiro atoms. The lowest BCUT2D eigenvalue weighted by molar-refractivity contribution is 0.157. The summed E-state index contributed by atoms with van der Waals surface area (Å²) >= 11 is 0. The van der Waals surface area contributed by atoms with Crippen LogP contribution in [0.15, 0.2) is 66.7 Å². The van der Waals surface area contributed by atoms with Gasteiger partial charge in [-0.05, 0) is 60.0 Å². The molecule has 0 amide bonds. The molecule has 4 rings (SSSR count). The minimum atomic E-state index is -0.415. The third-order valence-corrected chi connectivity index (χ3v) is 4.18. The lowest BCUT2D eigenvalue weighted by Crippen LogP contribution is -2.29. The number of ether oxygens (including phenoxy) is 1. The quantitative estimate of drug-likeness (QED) is 0.673. The van der Waals surface area contributed by atoms with Gasteiger partial charge in [0.2, 0.25) is 0 Å². The van der Waals surface area contributed by atoms with Gasteiger partial charge in [0.25, 0.3) is 0 Å². The van der Waals surface area contributed by atoms with Gasteiger partial charge in [-0.15, -0.1) is 0 Å². The Balaban J connectivity index is 1.93. The number of hydrogen-bond donors (Lipinski definition) is 1. The van der Waals surface area contributed by atoms with E-state index in [-0.39, 0.29) is 5.75 Å². The highest BCUT2D eigenvalue weighted by molar-refractivity contribution is 5.91. The minimum absolute atomic E-state index is 0.222. The average molecular weight is 302 g/mol. The van der Waals surface area contributed by atoms with Crippen LogP contribution < -0.4 is 4.74 Å². The van der Waals surface area contributed by atoms with Gasteiger partial charge in [-0.3, -0.25) is 0 Å². The topological polar surface area (TPSA) is 29.5 Å². The van der Waals surface area contributed by atoms with E-state index < -0.39 is 5.60 Å². The molecule has 114 valence electrons. The van der Waals surface area contributed by atoms with E-state index in [0.29, 0.717) is 0 Å². The Hall–Kier alpha value is -2.74. The summed E-state index contributed by atoms with van der Waals surface area (Å²) in [5.74, 6) is 0.944. The average Bonchev–Trinajstić information content (AvgIpc) is 2.52. The zero-order chi connectivity index (χ0) is 16.0. The number of fused-ring (bicyclic) bond motifs is 2. The highest BCUT2D eigenvalue weighted by Crippen LogP contribution is 2.41. The highest BCUT2D eigenvalue weighted by atomic mass is 16.5. The van der Waals surface area contributed by atoms with Gasteiger partial charge < -0.3 is 9.84 Å². The van der Waals surface area contributed by atoms with Crippen molar-refractivity contribution in [3.63, 3.8) is 0 Å². The van der Waals surface area contributed by atoms with Crippen molar-refractivity contribution in [2.24, 2.45) is 0 Å². The van der Waals surface area contributed by atoms with Gasteiger partial charge in [0.15, 0.2) is 0 Å². The molecule has 0 aromatic heterocycles.